The molecule has 2 amide bonds. The van der Waals surface area contributed by atoms with Gasteiger partial charge in [0.25, 0.3) is 5.91 Å². The first-order valence-corrected chi connectivity index (χ1v) is 9.50. The Morgan fingerprint density at radius 3 is 2.36 bits per heavy atom. The van der Waals surface area contributed by atoms with Gasteiger partial charge in [0.15, 0.2) is 11.4 Å². The van der Waals surface area contributed by atoms with Crippen LogP contribution in [0.2, 0.25) is 0 Å². The van der Waals surface area contributed by atoms with E-state index in [0.717, 1.165) is 10.0 Å². The van der Waals surface area contributed by atoms with Crippen LogP contribution in [0.25, 0.3) is 5.69 Å². The molecule has 1 fully saturated rings. The maximum Gasteiger partial charge on any atom is 0.294 e. The lowest BCUT2D eigenvalue weighted by atomic mass is 9.95. The molecule has 142 valence electrons. The zero-order valence-corrected chi connectivity index (χ0v) is 16.3. The normalized spacial score (nSPS) is 14.3. The summed E-state index contributed by atoms with van der Waals surface area (Å²) in [6.07, 6.45) is 2.77. The van der Waals surface area contributed by atoms with Gasteiger partial charge in [-0.1, -0.05) is 46.3 Å². The first kappa shape index (κ1) is 18.2. The molecule has 7 nitrogen and oxygen atoms in total. The van der Waals surface area contributed by atoms with Gasteiger partial charge in [-0.3, -0.25) is 20.4 Å². The van der Waals surface area contributed by atoms with Crippen molar-refractivity contribution in [1.29, 1.82) is 0 Å². The van der Waals surface area contributed by atoms with Crippen LogP contribution in [0.4, 0.5) is 0 Å². The Morgan fingerprint density at radius 2 is 1.71 bits per heavy atom. The van der Waals surface area contributed by atoms with Crippen LogP contribution in [-0.2, 0) is 10.2 Å². The summed E-state index contributed by atoms with van der Waals surface area (Å²) in [5.74, 6) is -1.25. The lowest BCUT2D eigenvalue weighted by Crippen LogP contribution is -2.46. The van der Waals surface area contributed by atoms with Crippen LogP contribution in [-0.4, -0.2) is 26.7 Å². The van der Waals surface area contributed by atoms with Crippen LogP contribution in [0.1, 0.15) is 28.9 Å². The standard InChI is InChI=1S/C20H17BrN4O3/c21-14-8-6-13(7-9-14)20(10-11-20)19(28)23-22-18(27)17-16(26)12-25(24-17)15-4-2-1-3-5-15/h1-9,12,26H,10-11H2,(H,22,27)(H,23,28). The lowest BCUT2D eigenvalue weighted by molar-refractivity contribution is -0.124. The third-order valence-corrected chi connectivity index (χ3v) is 5.33. The number of hydrogen-bond donors (Lipinski definition) is 3. The van der Waals surface area contributed by atoms with E-state index in [1.807, 2.05) is 42.5 Å². The number of aromatic nitrogens is 2. The first-order chi connectivity index (χ1) is 13.5. The molecule has 3 aromatic rings. The molecule has 0 bridgehead atoms. The number of nitrogens with one attached hydrogen (secondary N) is 2. The van der Waals surface area contributed by atoms with Crippen molar-refractivity contribution in [3.8, 4) is 11.4 Å². The second-order valence-electron chi connectivity index (χ2n) is 6.64. The third-order valence-electron chi connectivity index (χ3n) is 4.80. The molecule has 1 aromatic heterocycles. The number of aromatic hydroxyl groups is 1. The van der Waals surface area contributed by atoms with Gasteiger partial charge < -0.3 is 5.11 Å². The average molecular weight is 441 g/mol. The number of carbonyl (C=O) groups excluding carboxylic acids is 2. The molecule has 0 aliphatic heterocycles. The van der Waals surface area contributed by atoms with Crippen molar-refractivity contribution in [2.24, 2.45) is 0 Å². The number of hydrogen-bond acceptors (Lipinski definition) is 4. The van der Waals surface area contributed by atoms with Crippen molar-refractivity contribution in [3.05, 3.63) is 76.5 Å². The Hall–Kier alpha value is -3.13. The lowest BCUT2D eigenvalue weighted by Gasteiger charge is -2.16. The van der Waals surface area contributed by atoms with Crippen molar-refractivity contribution in [2.45, 2.75) is 18.3 Å². The summed E-state index contributed by atoms with van der Waals surface area (Å²) in [4.78, 5) is 25.0. The molecule has 8 heteroatoms. The van der Waals surface area contributed by atoms with Crippen LogP contribution in [0, 0.1) is 0 Å². The highest BCUT2D eigenvalue weighted by Crippen LogP contribution is 2.48. The van der Waals surface area contributed by atoms with E-state index < -0.39 is 11.3 Å². The Balaban J connectivity index is 1.44. The van der Waals surface area contributed by atoms with E-state index in [-0.39, 0.29) is 17.4 Å². The van der Waals surface area contributed by atoms with Crippen molar-refractivity contribution in [1.82, 2.24) is 20.6 Å². The molecule has 0 spiro atoms. The maximum absolute atomic E-state index is 12.6. The highest BCUT2D eigenvalue weighted by molar-refractivity contribution is 9.10. The molecule has 0 unspecified atom stereocenters. The SMILES string of the molecule is O=C(NNC(=O)C1(c2ccc(Br)cc2)CC1)c1nn(-c2ccccc2)cc1O. The van der Waals surface area contributed by atoms with Crippen molar-refractivity contribution in [2.75, 3.05) is 0 Å². The van der Waals surface area contributed by atoms with Gasteiger partial charge in [0.05, 0.1) is 17.3 Å². The fraction of sp³-hybridized carbons (Fsp3) is 0.150. The molecule has 1 aliphatic carbocycles. The summed E-state index contributed by atoms with van der Waals surface area (Å²) >= 11 is 3.38. The minimum atomic E-state index is -0.688. The molecular formula is C20H17BrN4O3. The number of benzene rings is 2. The monoisotopic (exact) mass is 440 g/mol. The smallest absolute Gasteiger partial charge is 0.294 e. The number of hydrazine groups is 1. The molecule has 1 heterocycles. The molecular weight excluding hydrogens is 424 g/mol. The third kappa shape index (κ3) is 3.38. The molecule has 1 saturated carbocycles. The molecule has 2 aromatic carbocycles. The number of halogens is 1. The quantitative estimate of drug-likeness (QED) is 0.543. The second kappa shape index (κ2) is 7.12. The summed E-state index contributed by atoms with van der Waals surface area (Å²) in [5.41, 5.74) is 5.62. The summed E-state index contributed by atoms with van der Waals surface area (Å²) in [6.45, 7) is 0. The highest BCUT2D eigenvalue weighted by atomic mass is 79.9. The van der Waals surface area contributed by atoms with Crippen LogP contribution in [0.15, 0.2) is 65.3 Å². The molecule has 0 atom stereocenters. The highest BCUT2D eigenvalue weighted by Gasteiger charge is 2.51. The average Bonchev–Trinajstić information content (AvgIpc) is 3.43. The number of carbonyl (C=O) groups is 2. The zero-order chi connectivity index (χ0) is 19.7. The van der Waals surface area contributed by atoms with E-state index in [2.05, 4.69) is 31.9 Å². The Morgan fingerprint density at radius 1 is 1.04 bits per heavy atom. The van der Waals surface area contributed by atoms with Crippen molar-refractivity contribution < 1.29 is 14.7 Å². The minimum absolute atomic E-state index is 0.169. The summed E-state index contributed by atoms with van der Waals surface area (Å²) < 4.78 is 2.33. The maximum atomic E-state index is 12.6. The van der Waals surface area contributed by atoms with Gasteiger partial charge in [0, 0.05) is 4.47 Å². The Kier molecular flexibility index (Phi) is 4.64. The molecule has 1 aliphatic rings. The molecule has 4 rings (SSSR count). The van der Waals surface area contributed by atoms with Gasteiger partial charge in [0.1, 0.15) is 0 Å². The Labute approximate surface area is 169 Å². The topological polar surface area (TPSA) is 96.3 Å². The van der Waals surface area contributed by atoms with Crippen molar-refractivity contribution >= 4 is 27.7 Å². The molecule has 0 radical (unpaired) electrons. The second-order valence-corrected chi connectivity index (χ2v) is 7.56. The number of nitrogens with zero attached hydrogens (tertiary/aromatic N) is 2. The fourth-order valence-corrected chi connectivity index (χ4v) is 3.34. The van der Waals surface area contributed by atoms with Gasteiger partial charge in [-0.2, -0.15) is 5.10 Å². The summed E-state index contributed by atoms with van der Waals surface area (Å²) in [7, 11) is 0. The van der Waals surface area contributed by atoms with Crippen LogP contribution in [0.3, 0.4) is 0 Å². The van der Waals surface area contributed by atoms with Crippen LogP contribution >= 0.6 is 15.9 Å². The number of para-hydroxylation sites is 1. The van der Waals surface area contributed by atoms with E-state index in [9.17, 15) is 14.7 Å². The molecule has 0 saturated heterocycles. The van der Waals surface area contributed by atoms with Gasteiger partial charge >= 0.3 is 0 Å². The summed E-state index contributed by atoms with van der Waals surface area (Å²) in [5, 5.41) is 14.1. The predicted octanol–water partition coefficient (Wildman–Crippen LogP) is 2.83. The van der Waals surface area contributed by atoms with Gasteiger partial charge in [-0.15, -0.1) is 0 Å². The fourth-order valence-electron chi connectivity index (χ4n) is 3.07. The Bertz CT molecular complexity index is 1030. The van der Waals surface area contributed by atoms with Crippen LogP contribution < -0.4 is 10.9 Å². The van der Waals surface area contributed by atoms with Gasteiger partial charge in [-0.05, 0) is 42.7 Å². The largest absolute Gasteiger partial charge is 0.504 e. The van der Waals surface area contributed by atoms with Crippen molar-refractivity contribution in [3.63, 3.8) is 0 Å². The zero-order valence-electron chi connectivity index (χ0n) is 14.7. The number of rotatable bonds is 4. The van der Waals surface area contributed by atoms with Crippen LogP contribution in [0.5, 0.6) is 5.75 Å². The number of amides is 2. The summed E-state index contributed by atoms with van der Waals surface area (Å²) in [6, 6.07) is 16.7. The van der Waals surface area contributed by atoms with Gasteiger partial charge in [0.2, 0.25) is 5.91 Å². The first-order valence-electron chi connectivity index (χ1n) is 8.70. The molecule has 3 N–H and O–H groups in total. The van der Waals surface area contributed by atoms with E-state index in [4.69, 9.17) is 0 Å². The van der Waals surface area contributed by atoms with E-state index >= 15 is 0 Å². The predicted molar refractivity (Wildman–Crippen MR) is 106 cm³/mol. The molecule has 28 heavy (non-hydrogen) atoms. The minimum Gasteiger partial charge on any atom is -0.504 e. The van der Waals surface area contributed by atoms with Gasteiger partial charge in [-0.25, -0.2) is 4.68 Å². The van der Waals surface area contributed by atoms with E-state index in [0.29, 0.717) is 18.5 Å². The van der Waals surface area contributed by atoms with E-state index in [1.54, 1.807) is 12.1 Å². The van der Waals surface area contributed by atoms with E-state index in [1.165, 1.54) is 10.9 Å².